The molecular weight excluding hydrogens is 378 g/mol. The molecule has 1 aromatic carbocycles. The maximum atomic E-state index is 12.3. The first kappa shape index (κ1) is 17.6. The number of carbonyl (C=O) groups excluding carboxylic acids is 2. The summed E-state index contributed by atoms with van der Waals surface area (Å²) >= 11 is 4.38. The van der Waals surface area contributed by atoms with E-state index in [2.05, 4.69) is 21.9 Å². The average Bonchev–Trinajstić information content (AvgIpc) is 2.78. The molecule has 0 aliphatic carbocycles. The number of ether oxygens (including phenoxy) is 1. The Bertz CT molecular complexity index is 694. The zero-order valence-electron chi connectivity index (χ0n) is 12.7. The Morgan fingerprint density at radius 3 is 2.87 bits per heavy atom. The van der Waals surface area contributed by atoms with Crippen LogP contribution >= 0.6 is 27.7 Å². The summed E-state index contributed by atoms with van der Waals surface area (Å²) in [7, 11) is 0. The summed E-state index contributed by atoms with van der Waals surface area (Å²) in [6, 6.07) is 5.41. The fraction of sp³-hybridized carbons (Fsp3) is 0.294. The summed E-state index contributed by atoms with van der Waals surface area (Å²) in [5.41, 5.74) is 0.811. The first-order valence-electron chi connectivity index (χ1n) is 7.18. The second-order valence-electron chi connectivity index (χ2n) is 4.87. The van der Waals surface area contributed by atoms with Gasteiger partial charge >= 0.3 is 0 Å². The molecule has 2 amide bonds. The molecule has 1 fully saturated rings. The molecule has 1 aromatic rings. The van der Waals surface area contributed by atoms with E-state index in [9.17, 15) is 9.59 Å². The van der Waals surface area contributed by atoms with Crippen LogP contribution in [-0.2, 0) is 4.79 Å². The molecule has 120 valence electrons. The van der Waals surface area contributed by atoms with Crippen LogP contribution in [0.2, 0.25) is 0 Å². The molecule has 0 unspecified atom stereocenters. The van der Waals surface area contributed by atoms with E-state index in [1.165, 1.54) is 4.90 Å². The summed E-state index contributed by atoms with van der Waals surface area (Å²) in [5.74, 6) is 2.81. The van der Waals surface area contributed by atoms with Crippen LogP contribution in [0.1, 0.15) is 25.3 Å². The Morgan fingerprint density at radius 1 is 1.43 bits per heavy atom. The maximum Gasteiger partial charge on any atom is 0.293 e. The molecule has 23 heavy (non-hydrogen) atoms. The number of nitrogens with zero attached hydrogens (tertiary/aromatic N) is 1. The fourth-order valence-corrected chi connectivity index (χ4v) is 3.38. The van der Waals surface area contributed by atoms with Gasteiger partial charge in [-0.25, -0.2) is 0 Å². The largest absolute Gasteiger partial charge is 0.480 e. The number of rotatable bonds is 6. The van der Waals surface area contributed by atoms with Gasteiger partial charge in [-0.05, 0) is 57.9 Å². The minimum atomic E-state index is -0.225. The molecule has 0 N–H and O–H groups in total. The molecule has 2 rings (SSSR count). The summed E-state index contributed by atoms with van der Waals surface area (Å²) in [6.07, 6.45) is 8.63. The minimum Gasteiger partial charge on any atom is -0.480 e. The lowest BCUT2D eigenvalue weighted by molar-refractivity contribution is -0.122. The van der Waals surface area contributed by atoms with Gasteiger partial charge in [0.1, 0.15) is 12.4 Å². The van der Waals surface area contributed by atoms with Gasteiger partial charge in [0, 0.05) is 6.54 Å². The van der Waals surface area contributed by atoms with E-state index in [1.807, 2.05) is 19.1 Å². The van der Waals surface area contributed by atoms with Crippen molar-refractivity contribution in [3.8, 4) is 18.1 Å². The number of terminal acetylenes is 1. The molecule has 1 aliphatic heterocycles. The van der Waals surface area contributed by atoms with Gasteiger partial charge in [-0.15, -0.1) is 6.42 Å². The van der Waals surface area contributed by atoms with Crippen LogP contribution in [0.3, 0.4) is 0 Å². The van der Waals surface area contributed by atoms with Crippen molar-refractivity contribution in [2.45, 2.75) is 19.8 Å². The van der Waals surface area contributed by atoms with Crippen molar-refractivity contribution in [3.05, 3.63) is 33.1 Å². The van der Waals surface area contributed by atoms with E-state index in [0.717, 1.165) is 34.6 Å². The lowest BCUT2D eigenvalue weighted by Crippen LogP contribution is -2.29. The van der Waals surface area contributed by atoms with Gasteiger partial charge in [0.2, 0.25) is 0 Å². The predicted octanol–water partition coefficient (Wildman–Crippen LogP) is 4.30. The number of thioether (sulfide) groups is 1. The van der Waals surface area contributed by atoms with Gasteiger partial charge in [-0.3, -0.25) is 14.5 Å². The summed E-state index contributed by atoms with van der Waals surface area (Å²) < 4.78 is 6.11. The third-order valence-corrected chi connectivity index (χ3v) is 4.70. The van der Waals surface area contributed by atoms with Crippen molar-refractivity contribution in [2.75, 3.05) is 13.2 Å². The molecule has 0 radical (unpaired) electrons. The SMILES string of the molecule is C#CCOc1ccc(/C=C2\SC(=O)N(CCCC)C2=O)cc1Br. The number of imide groups is 1. The Kier molecular flexibility index (Phi) is 6.31. The smallest absolute Gasteiger partial charge is 0.293 e. The molecule has 6 heteroatoms. The number of benzene rings is 1. The Balaban J connectivity index is 2.16. The molecule has 0 bridgehead atoms. The van der Waals surface area contributed by atoms with E-state index >= 15 is 0 Å². The van der Waals surface area contributed by atoms with Crippen molar-refractivity contribution in [3.63, 3.8) is 0 Å². The third-order valence-electron chi connectivity index (χ3n) is 3.17. The third kappa shape index (κ3) is 4.40. The number of hydrogen-bond donors (Lipinski definition) is 0. The highest BCUT2D eigenvalue weighted by Gasteiger charge is 2.34. The van der Waals surface area contributed by atoms with Crippen LogP contribution in [0.15, 0.2) is 27.6 Å². The fourth-order valence-electron chi connectivity index (χ4n) is 2.00. The second-order valence-corrected chi connectivity index (χ2v) is 6.72. The molecule has 1 heterocycles. The molecule has 4 nitrogen and oxygen atoms in total. The van der Waals surface area contributed by atoms with Crippen molar-refractivity contribution in [2.24, 2.45) is 0 Å². The Labute approximate surface area is 148 Å². The van der Waals surface area contributed by atoms with Crippen molar-refractivity contribution in [1.29, 1.82) is 0 Å². The van der Waals surface area contributed by atoms with Crippen LogP contribution in [0.4, 0.5) is 4.79 Å². The Hall–Kier alpha value is -1.71. The molecule has 1 saturated heterocycles. The molecule has 0 aromatic heterocycles. The molecular formula is C17H16BrNO3S. The topological polar surface area (TPSA) is 46.6 Å². The Morgan fingerprint density at radius 2 is 2.22 bits per heavy atom. The first-order valence-corrected chi connectivity index (χ1v) is 8.79. The van der Waals surface area contributed by atoms with Crippen molar-refractivity contribution >= 4 is 44.9 Å². The quantitative estimate of drug-likeness (QED) is 0.533. The van der Waals surface area contributed by atoms with E-state index in [0.29, 0.717) is 17.2 Å². The monoisotopic (exact) mass is 393 g/mol. The standard InChI is InChI=1S/C17H16BrNO3S/c1-3-5-8-19-16(20)15(23-17(19)21)11-12-6-7-14(13(18)10-12)22-9-4-2/h2,6-7,10-11H,3,5,8-9H2,1H3/b15-11-. The molecule has 0 saturated carbocycles. The van der Waals surface area contributed by atoms with Crippen LogP contribution in [-0.4, -0.2) is 29.2 Å². The van der Waals surface area contributed by atoms with E-state index < -0.39 is 0 Å². The van der Waals surface area contributed by atoms with Crippen molar-refractivity contribution < 1.29 is 14.3 Å². The van der Waals surface area contributed by atoms with Crippen molar-refractivity contribution in [1.82, 2.24) is 4.90 Å². The van der Waals surface area contributed by atoms with Gasteiger partial charge < -0.3 is 4.74 Å². The normalized spacial score (nSPS) is 16.0. The highest BCUT2D eigenvalue weighted by molar-refractivity contribution is 9.10. The molecule has 0 spiro atoms. The highest BCUT2D eigenvalue weighted by atomic mass is 79.9. The number of hydrogen-bond acceptors (Lipinski definition) is 4. The maximum absolute atomic E-state index is 12.3. The lowest BCUT2D eigenvalue weighted by atomic mass is 10.2. The van der Waals surface area contributed by atoms with Gasteiger partial charge in [-0.2, -0.15) is 0 Å². The minimum absolute atomic E-state index is 0.189. The van der Waals surface area contributed by atoms with Crippen LogP contribution < -0.4 is 4.74 Å². The van der Waals surface area contributed by atoms with E-state index in [1.54, 1.807) is 12.1 Å². The van der Waals surface area contributed by atoms with Crippen LogP contribution in [0.25, 0.3) is 6.08 Å². The number of halogens is 1. The van der Waals surface area contributed by atoms with Gasteiger partial charge in [-0.1, -0.05) is 25.3 Å². The zero-order chi connectivity index (χ0) is 16.8. The van der Waals surface area contributed by atoms with Gasteiger partial charge in [0.05, 0.1) is 9.38 Å². The lowest BCUT2D eigenvalue weighted by Gasteiger charge is -2.10. The van der Waals surface area contributed by atoms with E-state index in [-0.39, 0.29) is 17.8 Å². The van der Waals surface area contributed by atoms with Crippen LogP contribution in [0.5, 0.6) is 5.75 Å². The zero-order valence-corrected chi connectivity index (χ0v) is 15.1. The summed E-state index contributed by atoms with van der Waals surface area (Å²) in [4.78, 5) is 25.9. The van der Waals surface area contributed by atoms with Crippen LogP contribution in [0, 0.1) is 12.3 Å². The number of amides is 2. The number of carbonyl (C=O) groups is 2. The highest BCUT2D eigenvalue weighted by Crippen LogP contribution is 2.34. The average molecular weight is 394 g/mol. The summed E-state index contributed by atoms with van der Waals surface area (Å²) in [5, 5.41) is -0.206. The molecule has 0 atom stereocenters. The van der Waals surface area contributed by atoms with Gasteiger partial charge in [0.25, 0.3) is 11.1 Å². The molecule has 1 aliphatic rings. The van der Waals surface area contributed by atoms with E-state index in [4.69, 9.17) is 11.2 Å². The number of unbranched alkanes of at least 4 members (excludes halogenated alkanes) is 1. The van der Waals surface area contributed by atoms with Gasteiger partial charge in [0.15, 0.2) is 0 Å². The second kappa shape index (κ2) is 8.23. The summed E-state index contributed by atoms with van der Waals surface area (Å²) in [6.45, 7) is 2.69. The predicted molar refractivity (Wildman–Crippen MR) is 96.1 cm³/mol. The first-order chi connectivity index (χ1) is 11.1.